The first-order valence-corrected chi connectivity index (χ1v) is 11.1. The normalized spacial score (nSPS) is 15.8. The van der Waals surface area contributed by atoms with Gasteiger partial charge in [0.25, 0.3) is 5.91 Å². The molecule has 1 aliphatic heterocycles. The lowest BCUT2D eigenvalue weighted by Crippen LogP contribution is -2.52. The van der Waals surface area contributed by atoms with Crippen LogP contribution in [0.1, 0.15) is 21.6 Å². The molecule has 1 unspecified atom stereocenters. The van der Waals surface area contributed by atoms with Gasteiger partial charge in [-0.1, -0.05) is 72.3 Å². The fourth-order valence-electron chi connectivity index (χ4n) is 4.24. The second-order valence-corrected chi connectivity index (χ2v) is 8.56. The lowest BCUT2D eigenvalue weighted by Gasteiger charge is -2.36. The zero-order chi connectivity index (χ0) is 23.1. The highest BCUT2D eigenvalue weighted by atomic mass is 35.5. The Kier molecular flexibility index (Phi) is 5.44. The molecule has 2 N–H and O–H groups in total. The van der Waals surface area contributed by atoms with Crippen molar-refractivity contribution < 1.29 is 9.90 Å². The zero-order valence-corrected chi connectivity index (χ0v) is 19.1. The van der Waals surface area contributed by atoms with Crippen molar-refractivity contribution >= 4 is 40.0 Å². The number of nitrogens with one attached hydrogen (secondary N) is 1. The van der Waals surface area contributed by atoms with Gasteiger partial charge in [0, 0.05) is 25.7 Å². The third-order valence-corrected chi connectivity index (χ3v) is 6.47. The molecule has 5 rings (SSSR count). The summed E-state index contributed by atoms with van der Waals surface area (Å²) in [6, 6.07) is 21.9. The van der Waals surface area contributed by atoms with Crippen LogP contribution < -0.4 is 10.2 Å². The van der Waals surface area contributed by atoms with Crippen molar-refractivity contribution in [1.82, 2.24) is 14.5 Å². The average molecular weight is 462 g/mol. The van der Waals surface area contributed by atoms with E-state index in [4.69, 9.17) is 16.6 Å². The molecule has 168 valence electrons. The fraction of sp³-hybridized carbons (Fsp3) is 0.200. The number of fused-ring (bicyclic) bond motifs is 2. The van der Waals surface area contributed by atoms with E-state index in [1.54, 1.807) is 19.0 Å². The van der Waals surface area contributed by atoms with Crippen LogP contribution in [-0.4, -0.2) is 45.9 Å². The van der Waals surface area contributed by atoms with Gasteiger partial charge in [0.2, 0.25) is 12.3 Å². The smallest absolute Gasteiger partial charge is 0.277 e. The van der Waals surface area contributed by atoms with E-state index in [0.717, 1.165) is 21.9 Å². The Balaban J connectivity index is 1.61. The minimum Gasteiger partial charge on any atom is -0.356 e. The highest BCUT2D eigenvalue weighted by Gasteiger charge is 2.38. The van der Waals surface area contributed by atoms with Crippen LogP contribution in [0.25, 0.3) is 10.8 Å². The topological polar surface area (TPSA) is 73.6 Å². The predicted octanol–water partition coefficient (Wildman–Crippen LogP) is 4.15. The van der Waals surface area contributed by atoms with Gasteiger partial charge < -0.3 is 15.3 Å². The SMILES string of the molecule is CN1C(=O)c2c(nc(NCc3ccccc3Cl)n2Cc2cccc3ccccc23)N(C)C1O. The van der Waals surface area contributed by atoms with Crippen LogP contribution in [0.5, 0.6) is 0 Å². The number of halogens is 1. The van der Waals surface area contributed by atoms with Gasteiger partial charge in [-0.25, -0.2) is 0 Å². The Hall–Kier alpha value is -3.55. The van der Waals surface area contributed by atoms with Crippen molar-refractivity contribution in [2.24, 2.45) is 0 Å². The van der Waals surface area contributed by atoms with E-state index in [9.17, 15) is 9.90 Å². The van der Waals surface area contributed by atoms with Crippen molar-refractivity contribution in [1.29, 1.82) is 0 Å². The summed E-state index contributed by atoms with van der Waals surface area (Å²) in [7, 11) is 3.30. The molecule has 0 aliphatic carbocycles. The number of rotatable bonds is 5. The van der Waals surface area contributed by atoms with Crippen LogP contribution in [-0.2, 0) is 13.1 Å². The minimum atomic E-state index is -1.08. The molecule has 0 radical (unpaired) electrons. The Labute approximate surface area is 196 Å². The van der Waals surface area contributed by atoms with Gasteiger partial charge in [-0.05, 0) is 28.0 Å². The average Bonchev–Trinajstić information content (AvgIpc) is 3.19. The molecule has 0 saturated carbocycles. The van der Waals surface area contributed by atoms with Crippen molar-refractivity contribution in [3.63, 3.8) is 0 Å². The van der Waals surface area contributed by atoms with Gasteiger partial charge in [-0.2, -0.15) is 4.98 Å². The number of benzene rings is 3. The molecule has 8 heteroatoms. The van der Waals surface area contributed by atoms with E-state index >= 15 is 0 Å². The van der Waals surface area contributed by atoms with E-state index < -0.39 is 6.35 Å². The van der Waals surface area contributed by atoms with E-state index in [2.05, 4.69) is 29.6 Å². The first kappa shape index (κ1) is 21.3. The Morgan fingerprint density at radius 3 is 2.48 bits per heavy atom. The predicted molar refractivity (Wildman–Crippen MR) is 131 cm³/mol. The number of aliphatic hydroxyl groups is 1. The van der Waals surface area contributed by atoms with E-state index in [0.29, 0.717) is 35.6 Å². The number of hydrogen-bond acceptors (Lipinski definition) is 5. The number of carbonyl (C=O) groups excluding carboxylic acids is 1. The van der Waals surface area contributed by atoms with Crippen molar-refractivity contribution in [3.8, 4) is 0 Å². The molecule has 33 heavy (non-hydrogen) atoms. The summed E-state index contributed by atoms with van der Waals surface area (Å²) in [5.74, 6) is 0.692. The molecule has 3 aromatic carbocycles. The Bertz CT molecular complexity index is 1350. The molecule has 1 amide bonds. The highest BCUT2D eigenvalue weighted by molar-refractivity contribution is 6.31. The number of nitrogens with zero attached hydrogens (tertiary/aromatic N) is 4. The fourth-order valence-corrected chi connectivity index (χ4v) is 4.45. The minimum absolute atomic E-state index is 0.283. The van der Waals surface area contributed by atoms with Crippen molar-refractivity contribution in [2.75, 3.05) is 24.3 Å². The molecule has 7 nitrogen and oxygen atoms in total. The van der Waals surface area contributed by atoms with Gasteiger partial charge >= 0.3 is 0 Å². The number of anilines is 2. The Morgan fingerprint density at radius 1 is 0.970 bits per heavy atom. The molecular weight excluding hydrogens is 438 g/mol. The van der Waals surface area contributed by atoms with Crippen molar-refractivity contribution in [2.45, 2.75) is 19.4 Å². The number of aliphatic hydroxyl groups excluding tert-OH is 1. The lowest BCUT2D eigenvalue weighted by atomic mass is 10.0. The largest absolute Gasteiger partial charge is 0.356 e. The molecule has 1 aromatic heterocycles. The molecular formula is C25H24ClN5O2. The summed E-state index contributed by atoms with van der Waals surface area (Å²) in [5, 5.41) is 16.7. The molecule has 2 heterocycles. The second kappa shape index (κ2) is 8.42. The van der Waals surface area contributed by atoms with Gasteiger partial charge in [0.1, 0.15) is 0 Å². The van der Waals surface area contributed by atoms with Gasteiger partial charge in [-0.15, -0.1) is 0 Å². The number of amides is 1. The monoisotopic (exact) mass is 461 g/mol. The second-order valence-electron chi connectivity index (χ2n) is 8.15. The third-order valence-electron chi connectivity index (χ3n) is 6.10. The van der Waals surface area contributed by atoms with Crippen LogP contribution >= 0.6 is 11.6 Å². The summed E-state index contributed by atoms with van der Waals surface area (Å²) in [4.78, 5) is 20.8. The number of imidazole rings is 1. The van der Waals surface area contributed by atoms with Crippen LogP contribution in [0.4, 0.5) is 11.8 Å². The summed E-state index contributed by atoms with van der Waals surface area (Å²) < 4.78 is 1.88. The zero-order valence-electron chi connectivity index (χ0n) is 18.4. The molecule has 0 saturated heterocycles. The molecule has 4 aromatic rings. The maximum Gasteiger partial charge on any atom is 0.277 e. The summed E-state index contributed by atoms with van der Waals surface area (Å²) in [6.07, 6.45) is -1.08. The number of aromatic nitrogens is 2. The van der Waals surface area contributed by atoms with Crippen LogP contribution in [0.3, 0.4) is 0 Å². The van der Waals surface area contributed by atoms with Gasteiger partial charge in [0.05, 0.1) is 6.54 Å². The first-order chi connectivity index (χ1) is 16.0. The quantitative estimate of drug-likeness (QED) is 0.467. The third kappa shape index (κ3) is 3.69. The number of carbonyl (C=O) groups is 1. The van der Waals surface area contributed by atoms with Crippen molar-refractivity contribution in [3.05, 3.63) is 88.6 Å². The lowest BCUT2D eigenvalue weighted by molar-refractivity contribution is 0.0152. The first-order valence-electron chi connectivity index (χ1n) is 10.7. The summed E-state index contributed by atoms with van der Waals surface area (Å²) in [6.45, 7) is 0.888. The van der Waals surface area contributed by atoms with Crippen LogP contribution in [0.2, 0.25) is 5.02 Å². The number of hydrogen-bond donors (Lipinski definition) is 2. The maximum atomic E-state index is 13.2. The Morgan fingerprint density at radius 2 is 1.67 bits per heavy atom. The molecule has 0 bridgehead atoms. The summed E-state index contributed by atoms with van der Waals surface area (Å²) >= 11 is 6.34. The summed E-state index contributed by atoms with van der Waals surface area (Å²) in [5.41, 5.74) is 2.42. The molecule has 1 atom stereocenters. The van der Waals surface area contributed by atoms with Gasteiger partial charge in [0.15, 0.2) is 11.5 Å². The maximum absolute atomic E-state index is 13.2. The molecule has 1 aliphatic rings. The highest BCUT2D eigenvalue weighted by Crippen LogP contribution is 2.33. The van der Waals surface area contributed by atoms with E-state index in [1.165, 1.54) is 4.90 Å². The van der Waals surface area contributed by atoms with Crippen LogP contribution in [0.15, 0.2) is 66.7 Å². The van der Waals surface area contributed by atoms with Gasteiger partial charge in [-0.3, -0.25) is 14.3 Å². The van der Waals surface area contributed by atoms with Crippen LogP contribution in [0, 0.1) is 0 Å². The molecule has 0 spiro atoms. The molecule has 0 fully saturated rings. The standard InChI is InChI=1S/C25H24ClN5O2/c1-29-22-21(23(32)30(2)25(29)33)31(15-18-11-7-10-16-8-3-5-12-19(16)18)24(28-22)27-14-17-9-4-6-13-20(17)26/h3-13,25,33H,14-15H2,1-2H3,(H,27,28). The van der Waals surface area contributed by atoms with E-state index in [-0.39, 0.29) is 5.91 Å². The van der Waals surface area contributed by atoms with E-state index in [1.807, 2.05) is 47.0 Å².